The molecule has 2 nitrogen and oxygen atoms in total. The number of aliphatic hydroxyl groups is 1. The zero-order chi connectivity index (χ0) is 8.27. The largest absolute Gasteiger partial charge is 0.394 e. The van der Waals surface area contributed by atoms with E-state index in [1.165, 1.54) is 0 Å². The quantitative estimate of drug-likeness (QED) is 0.844. The van der Waals surface area contributed by atoms with Gasteiger partial charge in [0.1, 0.15) is 0 Å². The van der Waals surface area contributed by atoms with E-state index in [1.807, 2.05) is 24.3 Å². The maximum absolute atomic E-state index is 8.72. The Morgan fingerprint density at radius 3 is 2.25 bits per heavy atom. The van der Waals surface area contributed by atoms with Crippen molar-refractivity contribution in [2.75, 3.05) is 6.61 Å². The molecule has 1 aromatic carbocycles. The van der Waals surface area contributed by atoms with E-state index in [0.29, 0.717) is 0 Å². The zero-order valence-electron chi connectivity index (χ0n) is 6.40. The summed E-state index contributed by atoms with van der Waals surface area (Å²) >= 11 is 3.31. The van der Waals surface area contributed by atoms with Crippen molar-refractivity contribution in [2.24, 2.45) is 5.73 Å². The monoisotopic (exact) mass is 251 g/mol. The molecule has 4 heteroatoms. The summed E-state index contributed by atoms with van der Waals surface area (Å²) in [6.07, 6.45) is 0. The normalized spacial score (nSPS) is 11.9. The molecule has 1 rings (SSSR count). The minimum atomic E-state index is -0.261. The maximum Gasteiger partial charge on any atom is 0.0624 e. The van der Waals surface area contributed by atoms with Gasteiger partial charge in [0.05, 0.1) is 12.6 Å². The molecule has 0 aliphatic heterocycles. The van der Waals surface area contributed by atoms with Gasteiger partial charge in [0.25, 0.3) is 0 Å². The summed E-state index contributed by atoms with van der Waals surface area (Å²) in [4.78, 5) is 0. The van der Waals surface area contributed by atoms with Gasteiger partial charge in [0.2, 0.25) is 0 Å². The standard InChI is InChI=1S/C8H10BrNO.ClH/c9-7-3-1-6(2-4-7)8(10)5-11;/h1-4,8,11H,5,10H2;1H/t8-;/m0./s1. The first-order valence-corrected chi connectivity index (χ1v) is 4.15. The highest BCUT2D eigenvalue weighted by molar-refractivity contribution is 9.10. The molecule has 0 radical (unpaired) electrons. The van der Waals surface area contributed by atoms with Crippen molar-refractivity contribution >= 4 is 28.3 Å². The van der Waals surface area contributed by atoms with Gasteiger partial charge in [-0.05, 0) is 17.7 Å². The zero-order valence-corrected chi connectivity index (χ0v) is 8.81. The van der Waals surface area contributed by atoms with Crippen molar-refractivity contribution in [1.29, 1.82) is 0 Å². The molecule has 0 bridgehead atoms. The first-order valence-electron chi connectivity index (χ1n) is 3.36. The van der Waals surface area contributed by atoms with Gasteiger partial charge in [-0.3, -0.25) is 0 Å². The van der Waals surface area contributed by atoms with Crippen molar-refractivity contribution in [2.45, 2.75) is 6.04 Å². The summed E-state index contributed by atoms with van der Waals surface area (Å²) < 4.78 is 1.02. The van der Waals surface area contributed by atoms with E-state index in [0.717, 1.165) is 10.0 Å². The van der Waals surface area contributed by atoms with Gasteiger partial charge in [-0.1, -0.05) is 28.1 Å². The number of benzene rings is 1. The van der Waals surface area contributed by atoms with Crippen LogP contribution in [0.1, 0.15) is 11.6 Å². The Bertz CT molecular complexity index is 227. The Morgan fingerprint density at radius 2 is 1.83 bits per heavy atom. The van der Waals surface area contributed by atoms with Crippen LogP contribution in [0.3, 0.4) is 0 Å². The van der Waals surface area contributed by atoms with E-state index in [-0.39, 0.29) is 25.1 Å². The Balaban J connectivity index is 0.00000121. The van der Waals surface area contributed by atoms with Crippen LogP contribution in [-0.2, 0) is 0 Å². The number of hydrogen-bond donors (Lipinski definition) is 2. The Hall–Kier alpha value is -0.0900. The Morgan fingerprint density at radius 1 is 1.33 bits per heavy atom. The summed E-state index contributed by atoms with van der Waals surface area (Å²) in [5, 5.41) is 8.72. The Kier molecular flexibility index (Phi) is 5.50. The lowest BCUT2D eigenvalue weighted by atomic mass is 10.1. The lowest BCUT2D eigenvalue weighted by Gasteiger charge is -2.07. The number of nitrogens with two attached hydrogens (primary N) is 1. The van der Waals surface area contributed by atoms with Gasteiger partial charge in [-0.25, -0.2) is 0 Å². The summed E-state index contributed by atoms with van der Waals surface area (Å²) in [6.45, 7) is -0.0123. The average molecular weight is 253 g/mol. The predicted octanol–water partition coefficient (Wildman–Crippen LogP) is 1.86. The van der Waals surface area contributed by atoms with Crippen LogP contribution in [0.4, 0.5) is 0 Å². The van der Waals surface area contributed by atoms with E-state index in [4.69, 9.17) is 10.8 Å². The van der Waals surface area contributed by atoms with Crippen LogP contribution in [0, 0.1) is 0 Å². The van der Waals surface area contributed by atoms with Crippen molar-refractivity contribution in [1.82, 2.24) is 0 Å². The number of rotatable bonds is 2. The number of hydrogen-bond acceptors (Lipinski definition) is 2. The third-order valence-corrected chi connectivity index (χ3v) is 2.02. The molecule has 12 heavy (non-hydrogen) atoms. The molecule has 0 aromatic heterocycles. The fourth-order valence-electron chi connectivity index (χ4n) is 0.815. The number of halogens is 2. The summed E-state index contributed by atoms with van der Waals surface area (Å²) in [5.74, 6) is 0. The van der Waals surface area contributed by atoms with E-state index in [2.05, 4.69) is 15.9 Å². The van der Waals surface area contributed by atoms with Crippen molar-refractivity contribution < 1.29 is 5.11 Å². The summed E-state index contributed by atoms with van der Waals surface area (Å²) in [5.41, 5.74) is 6.53. The summed E-state index contributed by atoms with van der Waals surface area (Å²) in [6, 6.07) is 7.34. The van der Waals surface area contributed by atoms with Gasteiger partial charge in [0.15, 0.2) is 0 Å². The molecule has 68 valence electrons. The van der Waals surface area contributed by atoms with Crippen LogP contribution in [0.15, 0.2) is 28.7 Å². The average Bonchev–Trinajstić information content (AvgIpc) is 2.05. The second-order valence-electron chi connectivity index (χ2n) is 2.34. The molecule has 0 saturated carbocycles. The van der Waals surface area contributed by atoms with Gasteiger partial charge in [-0.15, -0.1) is 12.4 Å². The van der Waals surface area contributed by atoms with Crippen molar-refractivity contribution in [3.63, 3.8) is 0 Å². The predicted molar refractivity (Wildman–Crippen MR) is 55.4 cm³/mol. The molecule has 0 spiro atoms. The van der Waals surface area contributed by atoms with E-state index in [9.17, 15) is 0 Å². The van der Waals surface area contributed by atoms with Gasteiger partial charge >= 0.3 is 0 Å². The highest BCUT2D eigenvalue weighted by Gasteiger charge is 2.01. The van der Waals surface area contributed by atoms with E-state index >= 15 is 0 Å². The van der Waals surface area contributed by atoms with E-state index in [1.54, 1.807) is 0 Å². The lowest BCUT2D eigenvalue weighted by Crippen LogP contribution is -2.13. The lowest BCUT2D eigenvalue weighted by molar-refractivity contribution is 0.268. The maximum atomic E-state index is 8.72. The first-order chi connectivity index (χ1) is 5.24. The van der Waals surface area contributed by atoms with Crippen LogP contribution >= 0.6 is 28.3 Å². The molecular formula is C8H11BrClNO. The molecule has 0 amide bonds. The molecule has 3 N–H and O–H groups in total. The molecule has 0 aliphatic rings. The van der Waals surface area contributed by atoms with Gasteiger partial charge in [-0.2, -0.15) is 0 Å². The molecule has 1 aromatic rings. The first kappa shape index (κ1) is 11.9. The second kappa shape index (κ2) is 5.54. The van der Waals surface area contributed by atoms with Gasteiger partial charge < -0.3 is 10.8 Å². The smallest absolute Gasteiger partial charge is 0.0624 e. The van der Waals surface area contributed by atoms with Crippen LogP contribution in [0.5, 0.6) is 0 Å². The highest BCUT2D eigenvalue weighted by Crippen LogP contribution is 2.14. The van der Waals surface area contributed by atoms with Crippen molar-refractivity contribution in [3.8, 4) is 0 Å². The fraction of sp³-hybridized carbons (Fsp3) is 0.250. The molecule has 0 fully saturated rings. The molecule has 1 atom stereocenters. The third kappa shape index (κ3) is 3.11. The molecule has 0 saturated heterocycles. The topological polar surface area (TPSA) is 46.2 Å². The van der Waals surface area contributed by atoms with Gasteiger partial charge in [0, 0.05) is 4.47 Å². The molecular weight excluding hydrogens is 241 g/mol. The SMILES string of the molecule is Cl.N[C@@H](CO)c1ccc(Br)cc1. The second-order valence-corrected chi connectivity index (χ2v) is 3.26. The fourth-order valence-corrected chi connectivity index (χ4v) is 1.08. The molecule has 0 aliphatic carbocycles. The number of aliphatic hydroxyl groups excluding tert-OH is 1. The molecule has 0 heterocycles. The van der Waals surface area contributed by atoms with Crippen LogP contribution < -0.4 is 5.73 Å². The van der Waals surface area contributed by atoms with Crippen LogP contribution in [0.25, 0.3) is 0 Å². The van der Waals surface area contributed by atoms with Crippen molar-refractivity contribution in [3.05, 3.63) is 34.3 Å². The third-order valence-electron chi connectivity index (χ3n) is 1.49. The Labute approximate surface area is 86.3 Å². The van der Waals surface area contributed by atoms with E-state index < -0.39 is 0 Å². The minimum Gasteiger partial charge on any atom is -0.394 e. The molecule has 0 unspecified atom stereocenters. The summed E-state index contributed by atoms with van der Waals surface area (Å²) in [7, 11) is 0. The van der Waals surface area contributed by atoms with Crippen LogP contribution in [0.2, 0.25) is 0 Å². The van der Waals surface area contributed by atoms with Crippen LogP contribution in [-0.4, -0.2) is 11.7 Å². The highest BCUT2D eigenvalue weighted by atomic mass is 79.9. The minimum absolute atomic E-state index is 0.